The average Bonchev–Trinajstić information content (AvgIpc) is 3.05. The van der Waals surface area contributed by atoms with E-state index >= 15 is 0 Å². The fourth-order valence-corrected chi connectivity index (χ4v) is 3.92. The van der Waals surface area contributed by atoms with Crippen molar-refractivity contribution < 1.29 is 14.3 Å². The largest absolute Gasteiger partial charge is 0.493 e. The summed E-state index contributed by atoms with van der Waals surface area (Å²) in [4.78, 5) is 17.3. The minimum atomic E-state index is -0.256. The van der Waals surface area contributed by atoms with Crippen LogP contribution in [0.2, 0.25) is 15.1 Å². The van der Waals surface area contributed by atoms with Crippen molar-refractivity contribution in [1.29, 1.82) is 0 Å². The van der Waals surface area contributed by atoms with Crippen molar-refractivity contribution in [3.63, 3.8) is 0 Å². The van der Waals surface area contributed by atoms with E-state index in [1.54, 1.807) is 43.5 Å². The predicted octanol–water partition coefficient (Wildman–Crippen LogP) is 6.72. The van der Waals surface area contributed by atoms with Gasteiger partial charge in [0.25, 0.3) is 5.91 Å². The molecule has 1 aliphatic rings. The van der Waals surface area contributed by atoms with Crippen molar-refractivity contribution in [2.24, 2.45) is 4.99 Å². The third-order valence-electron chi connectivity index (χ3n) is 4.23. The van der Waals surface area contributed by atoms with Crippen LogP contribution in [0.4, 0.5) is 5.69 Å². The van der Waals surface area contributed by atoms with Gasteiger partial charge >= 0.3 is 0 Å². The number of halogens is 3. The first-order chi connectivity index (χ1) is 14.3. The van der Waals surface area contributed by atoms with Gasteiger partial charge in [-0.3, -0.25) is 4.79 Å². The van der Waals surface area contributed by atoms with Gasteiger partial charge in [-0.15, -0.1) is 0 Å². The number of aliphatic imine (C=N–C) groups is 1. The molecule has 0 spiro atoms. The number of nitrogens with one attached hydrogen (secondary N) is 1. The second-order valence-electron chi connectivity index (χ2n) is 6.45. The van der Waals surface area contributed by atoms with Gasteiger partial charge in [-0.2, -0.15) is 0 Å². The molecule has 2 aromatic rings. The van der Waals surface area contributed by atoms with Gasteiger partial charge in [0, 0.05) is 0 Å². The zero-order valence-corrected chi connectivity index (χ0v) is 19.5. The third-order valence-corrected chi connectivity index (χ3v) is 6.16. The van der Waals surface area contributed by atoms with E-state index in [1.165, 1.54) is 11.8 Å². The first-order valence-electron chi connectivity index (χ1n) is 9.09. The van der Waals surface area contributed by atoms with Gasteiger partial charge in [0.2, 0.25) is 0 Å². The van der Waals surface area contributed by atoms with Gasteiger partial charge in [0.1, 0.15) is 0 Å². The van der Waals surface area contributed by atoms with E-state index in [9.17, 15) is 4.79 Å². The Hall–Kier alpha value is -1.86. The van der Waals surface area contributed by atoms with Crippen LogP contribution in [-0.2, 0) is 4.79 Å². The van der Waals surface area contributed by atoms with Crippen LogP contribution < -0.4 is 14.8 Å². The number of amidine groups is 1. The van der Waals surface area contributed by atoms with Gasteiger partial charge in [0.05, 0.1) is 38.9 Å². The van der Waals surface area contributed by atoms with Crippen LogP contribution in [0, 0.1) is 0 Å². The van der Waals surface area contributed by atoms with Crippen LogP contribution in [0.1, 0.15) is 25.8 Å². The minimum Gasteiger partial charge on any atom is -0.493 e. The number of benzene rings is 2. The highest BCUT2D eigenvalue weighted by atomic mass is 35.5. The predicted molar refractivity (Wildman–Crippen MR) is 126 cm³/mol. The van der Waals surface area contributed by atoms with Crippen LogP contribution in [-0.4, -0.2) is 24.3 Å². The highest BCUT2D eigenvalue weighted by Gasteiger charge is 2.24. The Morgan fingerprint density at radius 3 is 2.60 bits per heavy atom. The number of carbonyl (C=O) groups is 1. The molecule has 0 radical (unpaired) electrons. The second kappa shape index (κ2) is 9.96. The fourth-order valence-electron chi connectivity index (χ4n) is 2.53. The SMILES string of the molecule is CCC(C)Oc1c(Cl)cc(C=C2SC(=Nc3ccc(Cl)c(Cl)c3)NC2=O)cc1OC. The molecule has 30 heavy (non-hydrogen) atoms. The molecule has 0 aromatic heterocycles. The third kappa shape index (κ3) is 5.43. The second-order valence-corrected chi connectivity index (χ2v) is 8.70. The molecule has 2 aromatic carbocycles. The summed E-state index contributed by atoms with van der Waals surface area (Å²) >= 11 is 19.6. The Morgan fingerprint density at radius 2 is 1.93 bits per heavy atom. The van der Waals surface area contributed by atoms with E-state index < -0.39 is 0 Å². The number of rotatable bonds is 6. The number of carbonyl (C=O) groups excluding carboxylic acids is 1. The molecule has 1 fully saturated rings. The monoisotopic (exact) mass is 484 g/mol. The van der Waals surface area contributed by atoms with Crippen molar-refractivity contribution in [2.45, 2.75) is 26.4 Å². The number of ether oxygens (including phenoxy) is 2. The molecule has 3 rings (SSSR count). The van der Waals surface area contributed by atoms with Gasteiger partial charge in [-0.05, 0) is 67.1 Å². The van der Waals surface area contributed by atoms with E-state index in [1.807, 2.05) is 13.8 Å². The standard InChI is InChI=1S/C21H19Cl3N2O3S/c1-4-11(2)29-19-16(24)7-12(8-17(19)28-3)9-18-20(27)26-21(30-18)25-13-5-6-14(22)15(23)10-13/h5-11H,4H2,1-3H3,(H,25,26,27). The molecule has 1 heterocycles. The summed E-state index contributed by atoms with van der Waals surface area (Å²) in [5, 5.41) is 4.43. The topological polar surface area (TPSA) is 59.9 Å². The lowest BCUT2D eigenvalue weighted by Gasteiger charge is -2.17. The van der Waals surface area contributed by atoms with E-state index in [2.05, 4.69) is 10.3 Å². The lowest BCUT2D eigenvalue weighted by atomic mass is 10.1. The number of amides is 1. The van der Waals surface area contributed by atoms with Crippen LogP contribution in [0.5, 0.6) is 11.5 Å². The van der Waals surface area contributed by atoms with Crippen molar-refractivity contribution in [2.75, 3.05) is 7.11 Å². The normalized spacial score (nSPS) is 17.3. The summed E-state index contributed by atoms with van der Waals surface area (Å²) in [5.41, 5.74) is 1.30. The zero-order chi connectivity index (χ0) is 21.8. The van der Waals surface area contributed by atoms with Crippen molar-refractivity contribution >= 4 is 69.4 Å². The first kappa shape index (κ1) is 22.8. The van der Waals surface area contributed by atoms with Gasteiger partial charge in [0.15, 0.2) is 16.7 Å². The van der Waals surface area contributed by atoms with Crippen LogP contribution in [0.3, 0.4) is 0 Å². The Bertz CT molecular complexity index is 1040. The van der Waals surface area contributed by atoms with Crippen LogP contribution in [0.25, 0.3) is 6.08 Å². The van der Waals surface area contributed by atoms with Crippen molar-refractivity contribution in [1.82, 2.24) is 5.32 Å². The summed E-state index contributed by atoms with van der Waals surface area (Å²) < 4.78 is 11.3. The molecule has 1 amide bonds. The lowest BCUT2D eigenvalue weighted by Crippen LogP contribution is -2.19. The smallest absolute Gasteiger partial charge is 0.264 e. The number of methoxy groups -OCH3 is 1. The summed E-state index contributed by atoms with van der Waals surface area (Å²) in [5.74, 6) is 0.734. The van der Waals surface area contributed by atoms with E-state index in [0.717, 1.165) is 6.42 Å². The molecule has 1 aliphatic heterocycles. The molecule has 0 aliphatic carbocycles. The molecule has 1 saturated heterocycles. The maximum atomic E-state index is 12.4. The maximum absolute atomic E-state index is 12.4. The Morgan fingerprint density at radius 1 is 1.17 bits per heavy atom. The van der Waals surface area contributed by atoms with E-state index in [-0.39, 0.29) is 12.0 Å². The summed E-state index contributed by atoms with van der Waals surface area (Å²) in [6.45, 7) is 3.98. The Labute approximate surface area is 194 Å². The molecule has 0 saturated carbocycles. The average molecular weight is 486 g/mol. The number of hydrogen-bond donors (Lipinski definition) is 1. The molecule has 5 nitrogen and oxygen atoms in total. The number of nitrogens with zero attached hydrogens (tertiary/aromatic N) is 1. The summed E-state index contributed by atoms with van der Waals surface area (Å²) in [6, 6.07) is 8.51. The highest BCUT2D eigenvalue weighted by molar-refractivity contribution is 8.18. The number of hydrogen-bond acceptors (Lipinski definition) is 5. The van der Waals surface area contributed by atoms with Gasteiger partial charge in [-0.1, -0.05) is 41.7 Å². The molecule has 0 bridgehead atoms. The molecular weight excluding hydrogens is 467 g/mol. The molecule has 1 unspecified atom stereocenters. The lowest BCUT2D eigenvalue weighted by molar-refractivity contribution is -0.115. The zero-order valence-electron chi connectivity index (χ0n) is 16.5. The quantitative estimate of drug-likeness (QED) is 0.461. The van der Waals surface area contributed by atoms with Gasteiger partial charge in [-0.25, -0.2) is 4.99 Å². The molecule has 1 atom stereocenters. The van der Waals surface area contributed by atoms with Crippen LogP contribution in [0.15, 0.2) is 40.2 Å². The highest BCUT2D eigenvalue weighted by Crippen LogP contribution is 2.39. The summed E-state index contributed by atoms with van der Waals surface area (Å²) in [6.07, 6.45) is 2.55. The summed E-state index contributed by atoms with van der Waals surface area (Å²) in [7, 11) is 1.55. The van der Waals surface area contributed by atoms with Crippen molar-refractivity contribution in [3.8, 4) is 11.5 Å². The first-order valence-corrected chi connectivity index (χ1v) is 11.0. The number of thioether (sulfide) groups is 1. The fraction of sp³-hybridized carbons (Fsp3) is 0.238. The molecule has 1 N–H and O–H groups in total. The van der Waals surface area contributed by atoms with Gasteiger partial charge < -0.3 is 14.8 Å². The van der Waals surface area contributed by atoms with E-state index in [0.29, 0.717) is 47.9 Å². The maximum Gasteiger partial charge on any atom is 0.264 e. The Balaban J connectivity index is 1.86. The minimum absolute atomic E-state index is 0.00286. The molecule has 158 valence electrons. The molecule has 9 heteroatoms. The Kier molecular flexibility index (Phi) is 7.58. The van der Waals surface area contributed by atoms with Crippen molar-refractivity contribution in [3.05, 3.63) is 55.9 Å². The van der Waals surface area contributed by atoms with E-state index in [4.69, 9.17) is 44.3 Å². The van der Waals surface area contributed by atoms with Crippen LogP contribution >= 0.6 is 46.6 Å². The molecular formula is C21H19Cl3N2O3S.